The number of aromatic amines is 1. The number of hydrogen-bond donors (Lipinski definition) is 2. The maximum atomic E-state index is 13.4. The first-order chi connectivity index (χ1) is 8.56. The average Bonchev–Trinajstić information content (AvgIpc) is 2.32. The first-order valence-corrected chi connectivity index (χ1v) is 5.39. The van der Waals surface area contributed by atoms with Crippen molar-refractivity contribution in [3.8, 4) is 0 Å². The first-order valence-electron chi connectivity index (χ1n) is 5.01. The second-order valence-electron chi connectivity index (χ2n) is 3.52. The summed E-state index contributed by atoms with van der Waals surface area (Å²) in [5, 5.41) is 2.59. The molecule has 2 N–H and O–H groups in total. The molecular weight excluding hydrogens is 259 g/mol. The number of pyridine rings is 1. The lowest BCUT2D eigenvalue weighted by atomic mass is 10.2. The number of hydrogen-bond acceptors (Lipinski definition) is 2. The molecule has 0 aliphatic heterocycles. The Morgan fingerprint density at radius 2 is 2.06 bits per heavy atom. The number of nitrogens with one attached hydrogen (secondary N) is 2. The lowest BCUT2D eigenvalue weighted by Gasteiger charge is -2.06. The summed E-state index contributed by atoms with van der Waals surface area (Å²) in [6.45, 7) is 0. The third-order valence-corrected chi connectivity index (χ3v) is 2.45. The Labute approximate surface area is 106 Å². The smallest absolute Gasteiger partial charge is 0.255 e. The summed E-state index contributed by atoms with van der Waals surface area (Å²) in [6.07, 6.45) is 1.34. The molecule has 2 rings (SSSR count). The zero-order chi connectivity index (χ0) is 13.1. The quantitative estimate of drug-likeness (QED) is 0.877. The van der Waals surface area contributed by atoms with Crippen molar-refractivity contribution in [1.29, 1.82) is 0 Å². The Bertz CT molecular complexity index is 655. The summed E-state index contributed by atoms with van der Waals surface area (Å²) in [4.78, 5) is 25.2. The molecule has 0 saturated carbocycles. The number of anilines is 1. The molecule has 0 spiro atoms. The molecule has 0 bridgehead atoms. The summed E-state index contributed by atoms with van der Waals surface area (Å²) < 4.78 is 13.4. The van der Waals surface area contributed by atoms with Crippen molar-refractivity contribution in [1.82, 2.24) is 4.98 Å². The second kappa shape index (κ2) is 5.01. The molecule has 0 saturated heterocycles. The van der Waals surface area contributed by atoms with Gasteiger partial charge in [0.05, 0.1) is 5.69 Å². The van der Waals surface area contributed by atoms with E-state index in [1.54, 1.807) is 0 Å². The number of amides is 1. The predicted molar refractivity (Wildman–Crippen MR) is 66.4 cm³/mol. The monoisotopic (exact) mass is 266 g/mol. The molecule has 0 radical (unpaired) electrons. The van der Waals surface area contributed by atoms with Gasteiger partial charge in [0.2, 0.25) is 5.56 Å². The summed E-state index contributed by atoms with van der Waals surface area (Å²) in [5.74, 6) is -1.21. The fourth-order valence-corrected chi connectivity index (χ4v) is 1.53. The summed E-state index contributed by atoms with van der Waals surface area (Å²) >= 11 is 5.59. The zero-order valence-electron chi connectivity index (χ0n) is 9.04. The first kappa shape index (κ1) is 12.3. The zero-order valence-corrected chi connectivity index (χ0v) is 9.79. The van der Waals surface area contributed by atoms with Crippen LogP contribution in [0.3, 0.4) is 0 Å². The summed E-state index contributed by atoms with van der Waals surface area (Å²) in [5.41, 5.74) is -0.253. The van der Waals surface area contributed by atoms with Crippen LogP contribution in [0.4, 0.5) is 10.1 Å². The number of carbonyl (C=O) groups is 1. The fraction of sp³-hybridized carbons (Fsp3) is 0. The second-order valence-corrected chi connectivity index (χ2v) is 3.96. The third kappa shape index (κ3) is 2.75. The van der Waals surface area contributed by atoms with Crippen LogP contribution in [0.25, 0.3) is 0 Å². The van der Waals surface area contributed by atoms with Gasteiger partial charge in [-0.2, -0.15) is 0 Å². The van der Waals surface area contributed by atoms with E-state index in [1.807, 2.05) is 0 Å². The molecule has 0 aliphatic rings. The van der Waals surface area contributed by atoms with Gasteiger partial charge in [0.1, 0.15) is 5.82 Å². The molecule has 0 unspecified atom stereocenters. The van der Waals surface area contributed by atoms with Gasteiger partial charge < -0.3 is 10.3 Å². The highest BCUT2D eigenvalue weighted by molar-refractivity contribution is 6.30. The summed E-state index contributed by atoms with van der Waals surface area (Å²) in [7, 11) is 0. The van der Waals surface area contributed by atoms with E-state index in [0.717, 1.165) is 12.1 Å². The van der Waals surface area contributed by atoms with Crippen molar-refractivity contribution in [2.45, 2.75) is 0 Å². The Morgan fingerprint density at radius 3 is 2.72 bits per heavy atom. The number of halogens is 2. The molecule has 2 aromatic rings. The van der Waals surface area contributed by atoms with Crippen LogP contribution in [0.2, 0.25) is 5.02 Å². The number of rotatable bonds is 2. The van der Waals surface area contributed by atoms with E-state index in [2.05, 4.69) is 10.3 Å². The molecule has 18 heavy (non-hydrogen) atoms. The van der Waals surface area contributed by atoms with Crippen molar-refractivity contribution in [3.63, 3.8) is 0 Å². The minimum absolute atomic E-state index is 0.00433. The van der Waals surface area contributed by atoms with Crippen LogP contribution in [-0.2, 0) is 0 Å². The van der Waals surface area contributed by atoms with E-state index in [9.17, 15) is 14.0 Å². The van der Waals surface area contributed by atoms with Crippen LogP contribution in [0, 0.1) is 5.82 Å². The van der Waals surface area contributed by atoms with Crippen LogP contribution >= 0.6 is 11.6 Å². The third-order valence-electron chi connectivity index (χ3n) is 2.22. The maximum Gasteiger partial charge on any atom is 0.255 e. The number of aromatic nitrogens is 1. The van der Waals surface area contributed by atoms with Crippen molar-refractivity contribution >= 4 is 23.2 Å². The lowest BCUT2D eigenvalue weighted by Crippen LogP contribution is -2.16. The van der Waals surface area contributed by atoms with Gasteiger partial charge in [0.15, 0.2) is 0 Å². The van der Waals surface area contributed by atoms with Gasteiger partial charge >= 0.3 is 0 Å². The van der Waals surface area contributed by atoms with E-state index < -0.39 is 17.3 Å². The number of carbonyl (C=O) groups excluding carboxylic acids is 1. The number of H-pyrrole nitrogens is 1. The molecule has 4 nitrogen and oxygen atoms in total. The molecule has 1 aromatic carbocycles. The predicted octanol–water partition coefficient (Wildman–Crippen LogP) is 2.42. The van der Waals surface area contributed by atoms with Crippen molar-refractivity contribution < 1.29 is 9.18 Å². The van der Waals surface area contributed by atoms with Crippen LogP contribution < -0.4 is 10.9 Å². The van der Waals surface area contributed by atoms with Gasteiger partial charge in [-0.25, -0.2) is 4.39 Å². The maximum absolute atomic E-state index is 13.4. The molecule has 92 valence electrons. The van der Waals surface area contributed by atoms with E-state index in [-0.39, 0.29) is 16.3 Å². The molecule has 1 aromatic heterocycles. The minimum atomic E-state index is -0.638. The Balaban J connectivity index is 2.24. The highest BCUT2D eigenvalue weighted by Crippen LogP contribution is 2.19. The fourth-order valence-electron chi connectivity index (χ4n) is 1.37. The van der Waals surface area contributed by atoms with Gasteiger partial charge in [0, 0.05) is 22.8 Å². The molecule has 1 heterocycles. The van der Waals surface area contributed by atoms with Crippen molar-refractivity contribution in [2.75, 3.05) is 5.32 Å². The van der Waals surface area contributed by atoms with Crippen LogP contribution in [0.15, 0.2) is 41.3 Å². The standard InChI is InChI=1S/C12H8ClFN2O2/c13-8-1-2-10(9(14)6-8)16-12(18)7-3-4-15-11(17)5-7/h1-6H,(H,15,17)(H,16,18). The van der Waals surface area contributed by atoms with Gasteiger partial charge in [0.25, 0.3) is 5.91 Å². The lowest BCUT2D eigenvalue weighted by molar-refractivity contribution is 0.102. The van der Waals surface area contributed by atoms with Crippen molar-refractivity contribution in [2.24, 2.45) is 0 Å². The molecule has 1 amide bonds. The largest absolute Gasteiger partial charge is 0.329 e. The van der Waals surface area contributed by atoms with Gasteiger partial charge in [-0.15, -0.1) is 0 Å². The SMILES string of the molecule is O=C(Nc1ccc(Cl)cc1F)c1cc[nH]c(=O)c1. The Morgan fingerprint density at radius 1 is 1.28 bits per heavy atom. The van der Waals surface area contributed by atoms with Gasteiger partial charge in [-0.05, 0) is 24.3 Å². The number of benzene rings is 1. The molecule has 0 fully saturated rings. The molecular formula is C12H8ClFN2O2. The van der Waals surface area contributed by atoms with E-state index >= 15 is 0 Å². The van der Waals surface area contributed by atoms with E-state index in [4.69, 9.17) is 11.6 Å². The minimum Gasteiger partial charge on any atom is -0.329 e. The topological polar surface area (TPSA) is 62.0 Å². The highest BCUT2D eigenvalue weighted by atomic mass is 35.5. The normalized spacial score (nSPS) is 10.1. The highest BCUT2D eigenvalue weighted by Gasteiger charge is 2.09. The van der Waals surface area contributed by atoms with Crippen LogP contribution in [0.1, 0.15) is 10.4 Å². The Kier molecular flexibility index (Phi) is 3.43. The Hall–Kier alpha value is -2.14. The van der Waals surface area contributed by atoms with Crippen molar-refractivity contribution in [3.05, 3.63) is 63.3 Å². The van der Waals surface area contributed by atoms with E-state index in [1.165, 1.54) is 24.4 Å². The van der Waals surface area contributed by atoms with Gasteiger partial charge in [-0.1, -0.05) is 11.6 Å². The molecule has 0 aliphatic carbocycles. The molecule has 6 heteroatoms. The van der Waals surface area contributed by atoms with E-state index in [0.29, 0.717) is 0 Å². The van der Waals surface area contributed by atoms with Gasteiger partial charge in [-0.3, -0.25) is 9.59 Å². The summed E-state index contributed by atoms with van der Waals surface area (Å²) in [6, 6.07) is 6.45. The van der Waals surface area contributed by atoms with Crippen LogP contribution in [0.5, 0.6) is 0 Å². The molecule has 0 atom stereocenters. The van der Waals surface area contributed by atoms with Crippen LogP contribution in [-0.4, -0.2) is 10.9 Å². The average molecular weight is 267 g/mol.